The van der Waals surface area contributed by atoms with Gasteiger partial charge in [-0.05, 0) is 18.4 Å². The molecule has 1 aliphatic rings. The lowest BCUT2D eigenvalue weighted by molar-refractivity contribution is 0.423. The number of hydrazine groups is 1. The molecule has 0 amide bonds. The Hall–Kier alpha value is -0.0600. The summed E-state index contributed by atoms with van der Waals surface area (Å²) in [7, 11) is 0. The second-order valence-electron chi connectivity index (χ2n) is 2.49. The van der Waals surface area contributed by atoms with Crippen molar-refractivity contribution in [1.82, 2.24) is 9.95 Å². The molecule has 1 N–H and O–H groups in total. The molecule has 0 atom stereocenters. The molecular formula is C7H11Cl2N3S. The third kappa shape index (κ3) is 4.11. The minimum Gasteiger partial charge on any atom is -0.261 e. The molecule has 0 aliphatic carbocycles. The molecule has 0 aromatic carbocycles. The molecule has 0 spiro atoms. The Morgan fingerprint density at radius 3 is 3.00 bits per heavy atom. The molecule has 1 aliphatic heterocycles. The molecule has 0 radical (unpaired) electrons. The van der Waals surface area contributed by atoms with E-state index in [1.807, 2.05) is 0 Å². The van der Waals surface area contributed by atoms with Crippen LogP contribution in [-0.2, 0) is 0 Å². The zero-order chi connectivity index (χ0) is 9.68. The molecule has 0 unspecified atom stereocenters. The first kappa shape index (κ1) is 11.0. The van der Waals surface area contributed by atoms with Crippen LogP contribution in [0.15, 0.2) is 16.3 Å². The normalized spacial score (nSPS) is 16.4. The Kier molecular flexibility index (Phi) is 4.77. The monoisotopic (exact) mass is 239 g/mol. The van der Waals surface area contributed by atoms with Crippen molar-refractivity contribution < 1.29 is 0 Å². The van der Waals surface area contributed by atoms with E-state index < -0.39 is 0 Å². The highest BCUT2D eigenvalue weighted by molar-refractivity contribution is 7.96. The molecule has 74 valence electrons. The summed E-state index contributed by atoms with van der Waals surface area (Å²) >= 11 is 13.0. The molecule has 0 saturated heterocycles. The van der Waals surface area contributed by atoms with Crippen molar-refractivity contribution >= 4 is 40.3 Å². The molecule has 0 fully saturated rings. The zero-order valence-electron chi connectivity index (χ0n) is 7.26. The predicted octanol–water partition coefficient (Wildman–Crippen LogP) is 2.89. The maximum absolute atomic E-state index is 5.75. The van der Waals surface area contributed by atoms with Crippen molar-refractivity contribution in [2.45, 2.75) is 19.8 Å². The van der Waals surface area contributed by atoms with Gasteiger partial charge in [0.05, 0.1) is 0 Å². The van der Waals surface area contributed by atoms with Crippen LogP contribution in [0.1, 0.15) is 19.8 Å². The average molecular weight is 240 g/mol. The van der Waals surface area contributed by atoms with Crippen molar-refractivity contribution in [3.8, 4) is 0 Å². The zero-order valence-corrected chi connectivity index (χ0v) is 9.59. The van der Waals surface area contributed by atoms with Gasteiger partial charge in [0, 0.05) is 11.8 Å². The van der Waals surface area contributed by atoms with Crippen molar-refractivity contribution in [1.29, 1.82) is 0 Å². The van der Waals surface area contributed by atoms with Crippen LogP contribution in [0.5, 0.6) is 0 Å². The van der Waals surface area contributed by atoms with E-state index in [0.29, 0.717) is 10.3 Å². The van der Waals surface area contributed by atoms with E-state index in [1.165, 1.54) is 6.42 Å². The molecule has 0 bridgehead atoms. The lowest BCUT2D eigenvalue weighted by atomic mass is 10.4. The number of hydrogen-bond acceptors (Lipinski definition) is 4. The van der Waals surface area contributed by atoms with Gasteiger partial charge in [-0.15, -0.1) is 9.62 Å². The van der Waals surface area contributed by atoms with Gasteiger partial charge in [-0.25, -0.2) is 0 Å². The van der Waals surface area contributed by atoms with E-state index in [9.17, 15) is 0 Å². The number of halogens is 2. The number of hydrazone groups is 1. The number of hydrogen-bond donors (Lipinski definition) is 1. The number of allylic oxidation sites excluding steroid dienone is 1. The van der Waals surface area contributed by atoms with Crippen LogP contribution in [-0.4, -0.2) is 15.4 Å². The second kappa shape index (κ2) is 5.62. The summed E-state index contributed by atoms with van der Waals surface area (Å²) < 4.78 is 1.58. The van der Waals surface area contributed by atoms with Crippen molar-refractivity contribution in [2.24, 2.45) is 5.10 Å². The molecule has 1 rings (SSSR count). The summed E-state index contributed by atoms with van der Waals surface area (Å²) in [4.78, 5) is 0. The molecule has 13 heavy (non-hydrogen) atoms. The van der Waals surface area contributed by atoms with E-state index in [-0.39, 0.29) is 0 Å². The van der Waals surface area contributed by atoms with Gasteiger partial charge in [0.2, 0.25) is 0 Å². The van der Waals surface area contributed by atoms with Gasteiger partial charge in [-0.3, -0.25) is 5.43 Å². The van der Waals surface area contributed by atoms with Gasteiger partial charge in [0.15, 0.2) is 5.17 Å². The van der Waals surface area contributed by atoms with Crippen molar-refractivity contribution in [3.05, 3.63) is 11.2 Å². The lowest BCUT2D eigenvalue weighted by Gasteiger charge is -2.21. The quantitative estimate of drug-likeness (QED) is 0.465. The van der Waals surface area contributed by atoms with Gasteiger partial charge < -0.3 is 0 Å². The Morgan fingerprint density at radius 1 is 1.62 bits per heavy atom. The van der Waals surface area contributed by atoms with Crippen LogP contribution < -0.4 is 5.43 Å². The van der Waals surface area contributed by atoms with Gasteiger partial charge in [0.25, 0.3) is 0 Å². The predicted molar refractivity (Wildman–Crippen MR) is 59.6 cm³/mol. The standard InChI is InChI=1S/C7H11Cl2N3S/c1-2-3-4-13-12-10-6(8)5-7(9)11-12/h5,10H,2-4H2,1H3. The highest BCUT2D eigenvalue weighted by atomic mass is 35.5. The SMILES string of the molecule is CCCCSN1N=C(Cl)C=C(Cl)N1. The number of unbranched alkanes of at least 4 members (excludes halogenated alkanes) is 1. The minimum absolute atomic E-state index is 0.396. The highest BCUT2D eigenvalue weighted by Crippen LogP contribution is 2.17. The molecule has 0 saturated carbocycles. The third-order valence-electron chi connectivity index (χ3n) is 1.35. The number of nitrogens with zero attached hydrogens (tertiary/aromatic N) is 2. The second-order valence-corrected chi connectivity index (χ2v) is 4.29. The van der Waals surface area contributed by atoms with Gasteiger partial charge in [-0.2, -0.15) is 0 Å². The van der Waals surface area contributed by atoms with E-state index in [1.54, 1.807) is 22.5 Å². The molecule has 0 aromatic rings. The van der Waals surface area contributed by atoms with Crippen LogP contribution in [0.4, 0.5) is 0 Å². The van der Waals surface area contributed by atoms with E-state index >= 15 is 0 Å². The van der Waals surface area contributed by atoms with Crippen molar-refractivity contribution in [2.75, 3.05) is 5.75 Å². The topological polar surface area (TPSA) is 27.6 Å². The Bertz CT molecular complexity index is 230. The molecule has 1 heterocycles. The first-order valence-corrected chi connectivity index (χ1v) is 5.73. The molecule has 3 nitrogen and oxygen atoms in total. The Balaban J connectivity index is 2.33. The van der Waals surface area contributed by atoms with E-state index in [4.69, 9.17) is 23.2 Å². The van der Waals surface area contributed by atoms with Crippen LogP contribution in [0.2, 0.25) is 0 Å². The largest absolute Gasteiger partial charge is 0.261 e. The van der Waals surface area contributed by atoms with Crippen molar-refractivity contribution in [3.63, 3.8) is 0 Å². The fourth-order valence-corrected chi connectivity index (χ4v) is 2.14. The first-order chi connectivity index (χ1) is 6.22. The molecular weight excluding hydrogens is 229 g/mol. The highest BCUT2D eigenvalue weighted by Gasteiger charge is 2.09. The Labute approximate surface area is 92.2 Å². The maximum atomic E-state index is 5.75. The maximum Gasteiger partial charge on any atom is 0.155 e. The lowest BCUT2D eigenvalue weighted by Crippen LogP contribution is -2.29. The van der Waals surface area contributed by atoms with E-state index in [0.717, 1.165) is 12.2 Å². The smallest absolute Gasteiger partial charge is 0.155 e. The summed E-state index contributed by atoms with van der Waals surface area (Å²) in [6, 6.07) is 0. The fraction of sp³-hybridized carbons (Fsp3) is 0.571. The average Bonchev–Trinajstić information content (AvgIpc) is 2.03. The van der Waals surface area contributed by atoms with Crippen LogP contribution in [0.3, 0.4) is 0 Å². The first-order valence-electron chi connectivity index (χ1n) is 4.03. The minimum atomic E-state index is 0.396. The van der Waals surface area contributed by atoms with Gasteiger partial charge >= 0.3 is 0 Å². The fourth-order valence-electron chi connectivity index (χ4n) is 0.725. The summed E-state index contributed by atoms with van der Waals surface area (Å²) in [6.45, 7) is 2.15. The van der Waals surface area contributed by atoms with Crippen LogP contribution in [0.25, 0.3) is 0 Å². The van der Waals surface area contributed by atoms with Crippen LogP contribution in [0, 0.1) is 0 Å². The van der Waals surface area contributed by atoms with E-state index in [2.05, 4.69) is 17.5 Å². The Morgan fingerprint density at radius 2 is 2.38 bits per heavy atom. The number of nitrogens with one attached hydrogen (secondary N) is 1. The summed E-state index contributed by atoms with van der Waals surface area (Å²) in [6.07, 6.45) is 3.89. The summed E-state index contributed by atoms with van der Waals surface area (Å²) in [5.74, 6) is 1.00. The van der Waals surface area contributed by atoms with Gasteiger partial charge in [-0.1, -0.05) is 36.5 Å². The molecule has 0 aromatic heterocycles. The summed E-state index contributed by atoms with van der Waals surface area (Å²) in [5.41, 5.74) is 2.86. The third-order valence-corrected chi connectivity index (χ3v) is 2.61. The van der Waals surface area contributed by atoms with Gasteiger partial charge in [0.1, 0.15) is 5.16 Å². The number of rotatable bonds is 4. The summed E-state index contributed by atoms with van der Waals surface area (Å²) in [5, 5.41) is 4.90. The van der Waals surface area contributed by atoms with Crippen LogP contribution >= 0.6 is 35.1 Å². The molecule has 6 heteroatoms.